The van der Waals surface area contributed by atoms with Crippen molar-refractivity contribution in [3.63, 3.8) is 0 Å². The molecule has 10 heteroatoms. The van der Waals surface area contributed by atoms with E-state index in [1.807, 2.05) is 29.5 Å². The Kier molecular flexibility index (Phi) is 7.68. The Hall–Kier alpha value is -0.260. The Bertz CT molecular complexity index is 467. The van der Waals surface area contributed by atoms with E-state index in [-0.39, 0.29) is 31.3 Å². The number of hydrogen-bond donors (Lipinski definition) is 1. The van der Waals surface area contributed by atoms with Crippen LogP contribution in [-0.4, -0.2) is 39.1 Å². The summed E-state index contributed by atoms with van der Waals surface area (Å²) in [6.07, 6.45) is -11.4. The molecule has 1 unspecified atom stereocenters. The zero-order valence-electron chi connectivity index (χ0n) is 14.5. The minimum Gasteiger partial charge on any atom is -0.464 e. The van der Waals surface area contributed by atoms with Gasteiger partial charge in [0.05, 0.1) is 6.61 Å². The van der Waals surface area contributed by atoms with E-state index in [0.29, 0.717) is 19.3 Å². The summed E-state index contributed by atoms with van der Waals surface area (Å²) in [7, 11) is 0. The van der Waals surface area contributed by atoms with Gasteiger partial charge in [-0.15, -0.1) is 0 Å². The lowest BCUT2D eigenvalue weighted by Gasteiger charge is -2.37. The number of esters is 1. The molecule has 3 nitrogen and oxygen atoms in total. The Morgan fingerprint density at radius 3 is 1.85 bits per heavy atom. The third-order valence-electron chi connectivity index (χ3n) is 5.03. The zero-order chi connectivity index (χ0) is 20.4. The fourth-order valence-electron chi connectivity index (χ4n) is 2.90. The quantitative estimate of drug-likeness (QED) is 0.235. The number of halogens is 7. The molecule has 0 heterocycles. The van der Waals surface area contributed by atoms with Gasteiger partial charge in [-0.25, -0.2) is 0 Å². The molecule has 1 fully saturated rings. The van der Waals surface area contributed by atoms with Gasteiger partial charge in [0, 0.05) is 0 Å². The Morgan fingerprint density at radius 2 is 1.46 bits per heavy atom. The van der Waals surface area contributed by atoms with Crippen molar-refractivity contribution in [2.45, 2.75) is 73.7 Å². The van der Waals surface area contributed by atoms with E-state index in [2.05, 4.69) is 0 Å². The van der Waals surface area contributed by atoms with Crippen LogP contribution in [0.2, 0.25) is 0 Å². The SMILES string of the molecule is CCC(C)(I)C(=O)OCC1CCC(CC(O)(C(F)(F)F)C(F)(F)F)CC1. The summed E-state index contributed by atoms with van der Waals surface area (Å²) in [6, 6.07) is 0. The monoisotopic (exact) mass is 504 g/mol. The van der Waals surface area contributed by atoms with Crippen LogP contribution in [0.1, 0.15) is 52.4 Å². The van der Waals surface area contributed by atoms with Gasteiger partial charge in [-0.2, -0.15) is 26.3 Å². The number of ether oxygens (including phenoxy) is 1. The average molecular weight is 504 g/mol. The van der Waals surface area contributed by atoms with Gasteiger partial charge in [-0.3, -0.25) is 4.79 Å². The molecule has 0 aromatic heterocycles. The first kappa shape index (κ1) is 23.8. The lowest BCUT2D eigenvalue weighted by Crippen LogP contribution is -2.57. The summed E-state index contributed by atoms with van der Waals surface area (Å²) in [6.45, 7) is 3.66. The van der Waals surface area contributed by atoms with Gasteiger partial charge in [0.1, 0.15) is 3.42 Å². The number of carbonyl (C=O) groups is 1. The standard InChI is InChI=1S/C16H23F6IO3/c1-3-13(2,23)12(24)26-9-11-6-4-10(5-7-11)8-14(25,15(17,18)19)16(20,21)22/h10-11,25H,3-9H2,1-2H3. The number of alkyl halides is 7. The van der Waals surface area contributed by atoms with Gasteiger partial charge in [0.2, 0.25) is 0 Å². The van der Waals surface area contributed by atoms with Gasteiger partial charge in [-0.1, -0.05) is 29.5 Å². The molecule has 0 aromatic carbocycles. The molecule has 0 saturated heterocycles. The van der Waals surface area contributed by atoms with Gasteiger partial charge in [0.25, 0.3) is 5.60 Å². The van der Waals surface area contributed by atoms with Crippen LogP contribution >= 0.6 is 22.6 Å². The number of hydrogen-bond acceptors (Lipinski definition) is 3. The Morgan fingerprint density at radius 1 is 1.04 bits per heavy atom. The highest BCUT2D eigenvalue weighted by Gasteiger charge is 2.70. The van der Waals surface area contributed by atoms with E-state index in [1.165, 1.54) is 0 Å². The third kappa shape index (κ3) is 5.62. The molecular weight excluding hydrogens is 481 g/mol. The molecule has 1 aliphatic carbocycles. The molecule has 1 aliphatic rings. The second-order valence-corrected chi connectivity index (χ2v) is 9.48. The molecule has 0 radical (unpaired) electrons. The molecule has 1 atom stereocenters. The predicted molar refractivity (Wildman–Crippen MR) is 90.8 cm³/mol. The second-order valence-electron chi connectivity index (χ2n) is 7.10. The summed E-state index contributed by atoms with van der Waals surface area (Å²) in [5.41, 5.74) is -4.69. The van der Waals surface area contributed by atoms with E-state index < -0.39 is 33.7 Å². The van der Waals surface area contributed by atoms with E-state index in [9.17, 15) is 36.2 Å². The van der Waals surface area contributed by atoms with Crippen molar-refractivity contribution in [3.05, 3.63) is 0 Å². The molecule has 0 spiro atoms. The van der Waals surface area contributed by atoms with E-state index in [1.54, 1.807) is 6.92 Å². The summed E-state index contributed by atoms with van der Waals surface area (Å²) < 4.78 is 81.1. The highest BCUT2D eigenvalue weighted by molar-refractivity contribution is 14.1. The number of rotatable bonds is 6. The van der Waals surface area contributed by atoms with Crippen molar-refractivity contribution in [2.75, 3.05) is 6.61 Å². The molecule has 154 valence electrons. The summed E-state index contributed by atoms with van der Waals surface area (Å²) in [5.74, 6) is -1.36. The van der Waals surface area contributed by atoms with Crippen LogP contribution in [-0.2, 0) is 9.53 Å². The van der Waals surface area contributed by atoms with Crippen LogP contribution in [0.25, 0.3) is 0 Å². The van der Waals surface area contributed by atoms with Crippen LogP contribution < -0.4 is 0 Å². The van der Waals surface area contributed by atoms with Crippen LogP contribution in [0.4, 0.5) is 26.3 Å². The molecule has 26 heavy (non-hydrogen) atoms. The second kappa shape index (κ2) is 8.40. The summed E-state index contributed by atoms with van der Waals surface area (Å²) in [5, 5.41) is 9.28. The molecule has 1 saturated carbocycles. The van der Waals surface area contributed by atoms with Crippen molar-refractivity contribution < 1.29 is 41.0 Å². The maximum absolute atomic E-state index is 12.8. The van der Waals surface area contributed by atoms with Gasteiger partial charge in [-0.05, 0) is 57.3 Å². The molecular formula is C16H23F6IO3. The normalized spacial score (nSPS) is 24.8. The first-order valence-electron chi connectivity index (χ1n) is 8.36. The highest BCUT2D eigenvalue weighted by Crippen LogP contribution is 2.48. The van der Waals surface area contributed by atoms with Crippen molar-refractivity contribution in [2.24, 2.45) is 11.8 Å². The van der Waals surface area contributed by atoms with Crippen molar-refractivity contribution in [3.8, 4) is 0 Å². The topological polar surface area (TPSA) is 46.5 Å². The molecule has 1 rings (SSSR count). The van der Waals surface area contributed by atoms with Crippen molar-refractivity contribution in [1.29, 1.82) is 0 Å². The van der Waals surface area contributed by atoms with Gasteiger partial charge >= 0.3 is 18.3 Å². The predicted octanol–water partition coefficient (Wildman–Crippen LogP) is 5.19. The highest BCUT2D eigenvalue weighted by atomic mass is 127. The van der Waals surface area contributed by atoms with Crippen LogP contribution in [0, 0.1) is 11.8 Å². The van der Waals surface area contributed by atoms with Gasteiger partial charge < -0.3 is 9.84 Å². The minimum absolute atomic E-state index is 0.0934. The number of aliphatic hydroxyl groups is 1. The maximum Gasteiger partial charge on any atom is 0.426 e. The number of carbonyl (C=O) groups excluding carboxylic acids is 1. The maximum atomic E-state index is 12.8. The zero-order valence-corrected chi connectivity index (χ0v) is 16.7. The van der Waals surface area contributed by atoms with Crippen LogP contribution in [0.15, 0.2) is 0 Å². The molecule has 0 aromatic rings. The fourth-order valence-corrected chi connectivity index (χ4v) is 3.06. The largest absolute Gasteiger partial charge is 0.464 e. The third-order valence-corrected chi connectivity index (χ3v) is 6.23. The lowest BCUT2D eigenvalue weighted by molar-refractivity contribution is -0.373. The Balaban J connectivity index is 2.57. The first-order chi connectivity index (χ1) is 11.6. The average Bonchev–Trinajstić information content (AvgIpc) is 2.51. The van der Waals surface area contributed by atoms with E-state index in [4.69, 9.17) is 4.74 Å². The van der Waals surface area contributed by atoms with Crippen LogP contribution in [0.3, 0.4) is 0 Å². The first-order valence-corrected chi connectivity index (χ1v) is 9.44. The van der Waals surface area contributed by atoms with Crippen molar-refractivity contribution >= 4 is 28.6 Å². The van der Waals surface area contributed by atoms with E-state index >= 15 is 0 Å². The van der Waals surface area contributed by atoms with Crippen molar-refractivity contribution in [1.82, 2.24) is 0 Å². The van der Waals surface area contributed by atoms with E-state index in [0.717, 1.165) is 0 Å². The summed E-state index contributed by atoms with van der Waals surface area (Å²) >= 11 is 1.98. The molecule has 0 aliphatic heterocycles. The lowest BCUT2D eigenvalue weighted by atomic mass is 9.76. The summed E-state index contributed by atoms with van der Waals surface area (Å²) in [4.78, 5) is 11.9. The molecule has 1 N–H and O–H groups in total. The Labute approximate surface area is 162 Å². The molecule has 0 amide bonds. The smallest absolute Gasteiger partial charge is 0.426 e. The van der Waals surface area contributed by atoms with Crippen LogP contribution in [0.5, 0.6) is 0 Å². The minimum atomic E-state index is -5.78. The van der Waals surface area contributed by atoms with Gasteiger partial charge in [0.15, 0.2) is 0 Å². The molecule has 0 bridgehead atoms. The fraction of sp³-hybridized carbons (Fsp3) is 0.938.